The molecule has 0 aliphatic rings. The van der Waals surface area contributed by atoms with Crippen molar-refractivity contribution in [1.29, 1.82) is 0 Å². The zero-order valence-electron chi connectivity index (χ0n) is 8.72. The van der Waals surface area contributed by atoms with E-state index in [9.17, 15) is 4.39 Å². The van der Waals surface area contributed by atoms with E-state index in [1.54, 1.807) is 10.7 Å². The molecule has 4 nitrogen and oxygen atoms in total. The van der Waals surface area contributed by atoms with Gasteiger partial charge in [-0.2, -0.15) is 5.10 Å². The lowest BCUT2D eigenvalue weighted by molar-refractivity contribution is 0.627. The maximum absolute atomic E-state index is 13.1. The summed E-state index contributed by atoms with van der Waals surface area (Å²) in [6.45, 7) is 0. The number of rotatable bonds is 3. The average Bonchev–Trinajstić information content (AvgIpc) is 2.59. The van der Waals surface area contributed by atoms with Crippen LogP contribution < -0.4 is 5.73 Å². The molecule has 2 aromatic rings. The first-order chi connectivity index (χ1) is 7.65. The van der Waals surface area contributed by atoms with Gasteiger partial charge in [-0.25, -0.2) is 14.1 Å². The molecule has 0 atom stereocenters. The molecule has 0 spiro atoms. The molecule has 0 fully saturated rings. The van der Waals surface area contributed by atoms with Gasteiger partial charge in [0.25, 0.3) is 0 Å². The van der Waals surface area contributed by atoms with Crippen LogP contribution in [0.15, 0.2) is 29.7 Å². The van der Waals surface area contributed by atoms with Crippen molar-refractivity contribution in [2.45, 2.75) is 10.9 Å². The lowest BCUT2D eigenvalue weighted by Gasteiger charge is -2.02. The number of aryl methyl sites for hydroxylation is 1. The summed E-state index contributed by atoms with van der Waals surface area (Å²) >= 11 is 1.49. The molecule has 2 N–H and O–H groups in total. The van der Waals surface area contributed by atoms with Crippen LogP contribution in [0.2, 0.25) is 0 Å². The Morgan fingerprint density at radius 2 is 2.25 bits per heavy atom. The summed E-state index contributed by atoms with van der Waals surface area (Å²) in [7, 11) is 1.81. The van der Waals surface area contributed by atoms with Gasteiger partial charge in [-0.15, -0.1) is 0 Å². The minimum atomic E-state index is -0.312. The summed E-state index contributed by atoms with van der Waals surface area (Å²) in [4.78, 5) is 4.07. The number of benzene rings is 1. The monoisotopic (exact) mass is 238 g/mol. The maximum Gasteiger partial charge on any atom is 0.186 e. The van der Waals surface area contributed by atoms with Crippen LogP contribution in [0, 0.1) is 5.82 Å². The van der Waals surface area contributed by atoms with Crippen LogP contribution >= 0.6 is 11.8 Å². The normalized spacial score (nSPS) is 10.6. The first-order valence-electron chi connectivity index (χ1n) is 4.67. The van der Waals surface area contributed by atoms with E-state index < -0.39 is 0 Å². The van der Waals surface area contributed by atoms with E-state index in [4.69, 9.17) is 5.73 Å². The van der Waals surface area contributed by atoms with Gasteiger partial charge in [0.05, 0.1) is 0 Å². The number of anilines is 1. The molecule has 0 aliphatic heterocycles. The molecule has 0 amide bonds. The fourth-order valence-electron chi connectivity index (χ4n) is 1.32. The van der Waals surface area contributed by atoms with E-state index in [1.165, 1.54) is 30.2 Å². The molecule has 16 heavy (non-hydrogen) atoms. The number of hydrogen-bond acceptors (Lipinski definition) is 4. The molecule has 6 heteroatoms. The number of thioether (sulfide) groups is 1. The Labute approximate surface area is 96.7 Å². The molecular formula is C10H11FN4S. The summed E-state index contributed by atoms with van der Waals surface area (Å²) in [5.41, 5.74) is 6.83. The summed E-state index contributed by atoms with van der Waals surface area (Å²) in [6, 6.07) is 4.53. The van der Waals surface area contributed by atoms with E-state index in [0.29, 0.717) is 11.4 Å². The van der Waals surface area contributed by atoms with Gasteiger partial charge in [0.1, 0.15) is 12.1 Å². The van der Waals surface area contributed by atoms with E-state index in [2.05, 4.69) is 10.1 Å². The Bertz CT molecular complexity index is 477. The third-order valence-corrected chi connectivity index (χ3v) is 3.12. The fraction of sp³-hybridized carbons (Fsp3) is 0.200. The zero-order chi connectivity index (χ0) is 11.5. The smallest absolute Gasteiger partial charge is 0.186 e. The molecule has 0 radical (unpaired) electrons. The standard InChI is InChI=1S/C10H11FN4S/c1-15-10(13-6-14-15)16-5-7-2-8(11)4-9(12)3-7/h2-4,6H,5,12H2,1H3. The minimum Gasteiger partial charge on any atom is -0.399 e. The zero-order valence-corrected chi connectivity index (χ0v) is 9.54. The van der Waals surface area contributed by atoms with Crippen LogP contribution in [-0.2, 0) is 12.8 Å². The summed E-state index contributed by atoms with van der Waals surface area (Å²) in [5, 5.41) is 4.74. The quantitative estimate of drug-likeness (QED) is 0.654. The van der Waals surface area contributed by atoms with Crippen molar-refractivity contribution in [2.24, 2.45) is 7.05 Å². The fourth-order valence-corrected chi connectivity index (χ4v) is 2.14. The largest absolute Gasteiger partial charge is 0.399 e. The van der Waals surface area contributed by atoms with Gasteiger partial charge in [-0.3, -0.25) is 0 Å². The first-order valence-corrected chi connectivity index (χ1v) is 5.65. The predicted molar refractivity (Wildman–Crippen MR) is 61.4 cm³/mol. The van der Waals surface area contributed by atoms with Crippen molar-refractivity contribution in [3.63, 3.8) is 0 Å². The van der Waals surface area contributed by atoms with Crippen LogP contribution in [0.1, 0.15) is 5.56 Å². The van der Waals surface area contributed by atoms with Crippen LogP contribution in [0.5, 0.6) is 0 Å². The van der Waals surface area contributed by atoms with E-state index in [0.717, 1.165) is 10.7 Å². The molecule has 0 saturated carbocycles. The van der Waals surface area contributed by atoms with Gasteiger partial charge in [0.15, 0.2) is 5.16 Å². The van der Waals surface area contributed by atoms with Crippen molar-refractivity contribution >= 4 is 17.4 Å². The molecule has 84 valence electrons. The summed E-state index contributed by atoms with van der Waals surface area (Å²) in [5.74, 6) is 0.308. The van der Waals surface area contributed by atoms with Crippen molar-refractivity contribution < 1.29 is 4.39 Å². The SMILES string of the molecule is Cn1ncnc1SCc1cc(N)cc(F)c1. The number of nitrogen functional groups attached to an aromatic ring is 1. The van der Waals surface area contributed by atoms with Crippen LogP contribution in [-0.4, -0.2) is 14.8 Å². The van der Waals surface area contributed by atoms with Gasteiger partial charge < -0.3 is 5.73 Å². The molecule has 0 aliphatic carbocycles. The topological polar surface area (TPSA) is 56.7 Å². The van der Waals surface area contributed by atoms with Gasteiger partial charge in [0, 0.05) is 18.5 Å². The average molecular weight is 238 g/mol. The second-order valence-electron chi connectivity index (χ2n) is 3.35. The Hall–Kier alpha value is -1.56. The second kappa shape index (κ2) is 4.52. The number of halogens is 1. The molecular weight excluding hydrogens is 227 g/mol. The molecule has 1 heterocycles. The Balaban J connectivity index is 2.07. The summed E-state index contributed by atoms with van der Waals surface area (Å²) in [6.07, 6.45) is 1.49. The number of nitrogens with two attached hydrogens (primary N) is 1. The van der Waals surface area contributed by atoms with Gasteiger partial charge in [-0.05, 0) is 23.8 Å². The van der Waals surface area contributed by atoms with Gasteiger partial charge in [-0.1, -0.05) is 11.8 Å². The van der Waals surface area contributed by atoms with Crippen LogP contribution in [0.25, 0.3) is 0 Å². The van der Waals surface area contributed by atoms with E-state index in [-0.39, 0.29) is 5.82 Å². The lowest BCUT2D eigenvalue weighted by Crippen LogP contribution is -1.94. The number of hydrogen-bond donors (Lipinski definition) is 1. The molecule has 0 unspecified atom stereocenters. The Morgan fingerprint density at radius 3 is 2.88 bits per heavy atom. The molecule has 0 bridgehead atoms. The highest BCUT2D eigenvalue weighted by atomic mass is 32.2. The Morgan fingerprint density at radius 1 is 1.44 bits per heavy atom. The molecule has 0 saturated heterocycles. The molecule has 2 rings (SSSR count). The maximum atomic E-state index is 13.1. The summed E-state index contributed by atoms with van der Waals surface area (Å²) < 4.78 is 14.7. The highest BCUT2D eigenvalue weighted by Gasteiger charge is 2.03. The molecule has 1 aromatic carbocycles. The lowest BCUT2D eigenvalue weighted by atomic mass is 10.2. The third-order valence-electron chi connectivity index (χ3n) is 2.02. The third kappa shape index (κ3) is 2.52. The van der Waals surface area contributed by atoms with E-state index in [1.807, 2.05) is 7.05 Å². The van der Waals surface area contributed by atoms with Crippen molar-refractivity contribution in [3.8, 4) is 0 Å². The van der Waals surface area contributed by atoms with E-state index >= 15 is 0 Å². The van der Waals surface area contributed by atoms with Crippen molar-refractivity contribution in [1.82, 2.24) is 14.8 Å². The van der Waals surface area contributed by atoms with Crippen LogP contribution in [0.3, 0.4) is 0 Å². The highest BCUT2D eigenvalue weighted by Crippen LogP contribution is 2.21. The van der Waals surface area contributed by atoms with Crippen molar-refractivity contribution in [3.05, 3.63) is 35.9 Å². The molecule has 1 aromatic heterocycles. The van der Waals surface area contributed by atoms with Gasteiger partial charge >= 0.3 is 0 Å². The Kier molecular flexibility index (Phi) is 3.09. The predicted octanol–water partition coefficient (Wildman–Crippen LogP) is 1.83. The highest BCUT2D eigenvalue weighted by molar-refractivity contribution is 7.98. The first kappa shape index (κ1) is 10.9. The number of nitrogens with zero attached hydrogens (tertiary/aromatic N) is 3. The van der Waals surface area contributed by atoms with Gasteiger partial charge in [0.2, 0.25) is 0 Å². The van der Waals surface area contributed by atoms with Crippen molar-refractivity contribution in [2.75, 3.05) is 5.73 Å². The second-order valence-corrected chi connectivity index (χ2v) is 4.29. The number of aromatic nitrogens is 3. The minimum absolute atomic E-state index is 0.312. The van der Waals surface area contributed by atoms with Crippen LogP contribution in [0.4, 0.5) is 10.1 Å².